The Balaban J connectivity index is 1.12. The SMILES string of the molecule is C1=Cc2c(cc(-c3cc(-c4ccc(-c5cccnc5)cc4)nc(-c4cccc(-c5c6ccccc6c(-c6ccccc6)c6ccccc56)c4)n3)c3ccccc23)CC1. The van der Waals surface area contributed by atoms with Crippen LogP contribution in [0.1, 0.15) is 17.5 Å². The quantitative estimate of drug-likeness (QED) is 0.159. The number of allylic oxidation sites excluding steroid dienone is 1. The molecule has 0 amide bonds. The fourth-order valence-corrected chi connectivity index (χ4v) is 8.91. The number of pyridine rings is 1. The molecule has 0 unspecified atom stereocenters. The molecule has 10 aromatic rings. The number of hydrogen-bond donors (Lipinski definition) is 0. The summed E-state index contributed by atoms with van der Waals surface area (Å²) in [5.41, 5.74) is 14.6. The van der Waals surface area contributed by atoms with Gasteiger partial charge < -0.3 is 0 Å². The van der Waals surface area contributed by atoms with Gasteiger partial charge in [0, 0.05) is 29.1 Å². The average molecular weight is 740 g/mol. The van der Waals surface area contributed by atoms with Crippen LogP contribution in [0.5, 0.6) is 0 Å². The van der Waals surface area contributed by atoms with Gasteiger partial charge in [-0.2, -0.15) is 0 Å². The Hall–Kier alpha value is -7.49. The first kappa shape index (κ1) is 33.8. The van der Waals surface area contributed by atoms with E-state index in [4.69, 9.17) is 9.97 Å². The number of nitrogens with zero attached hydrogens (tertiary/aromatic N) is 3. The summed E-state index contributed by atoms with van der Waals surface area (Å²) in [4.78, 5) is 15.1. The van der Waals surface area contributed by atoms with Crippen LogP contribution in [-0.2, 0) is 6.42 Å². The van der Waals surface area contributed by atoms with E-state index in [2.05, 4.69) is 187 Å². The van der Waals surface area contributed by atoms with Gasteiger partial charge in [0.25, 0.3) is 0 Å². The van der Waals surface area contributed by atoms with Crippen LogP contribution in [0.15, 0.2) is 194 Å². The van der Waals surface area contributed by atoms with E-state index >= 15 is 0 Å². The number of rotatable bonds is 6. The van der Waals surface area contributed by atoms with Crippen molar-refractivity contribution in [3.63, 3.8) is 0 Å². The summed E-state index contributed by atoms with van der Waals surface area (Å²) >= 11 is 0. The van der Waals surface area contributed by atoms with Gasteiger partial charge in [-0.3, -0.25) is 4.98 Å². The summed E-state index contributed by atoms with van der Waals surface area (Å²) in [6.45, 7) is 0. The van der Waals surface area contributed by atoms with Crippen molar-refractivity contribution in [2.45, 2.75) is 12.8 Å². The first-order valence-corrected chi connectivity index (χ1v) is 20.0. The number of benzene rings is 8. The van der Waals surface area contributed by atoms with E-state index in [0.717, 1.165) is 57.6 Å². The van der Waals surface area contributed by atoms with Gasteiger partial charge in [0.05, 0.1) is 11.4 Å². The Morgan fingerprint density at radius 2 is 0.983 bits per heavy atom. The monoisotopic (exact) mass is 739 g/mol. The maximum absolute atomic E-state index is 5.44. The highest BCUT2D eigenvalue weighted by Crippen LogP contribution is 2.44. The molecule has 0 aliphatic heterocycles. The molecule has 0 atom stereocenters. The highest BCUT2D eigenvalue weighted by Gasteiger charge is 2.20. The van der Waals surface area contributed by atoms with Crippen molar-refractivity contribution in [3.8, 4) is 67.3 Å². The minimum absolute atomic E-state index is 0.696. The molecule has 3 heteroatoms. The van der Waals surface area contributed by atoms with Crippen LogP contribution < -0.4 is 0 Å². The molecule has 8 aromatic carbocycles. The third-order valence-electron chi connectivity index (χ3n) is 11.6. The van der Waals surface area contributed by atoms with Gasteiger partial charge in [-0.1, -0.05) is 164 Å². The van der Waals surface area contributed by atoms with E-state index in [1.54, 1.807) is 0 Å². The predicted molar refractivity (Wildman–Crippen MR) is 242 cm³/mol. The van der Waals surface area contributed by atoms with E-state index in [9.17, 15) is 0 Å². The fraction of sp³-hybridized carbons (Fsp3) is 0.0364. The lowest BCUT2D eigenvalue weighted by Crippen LogP contribution is -2.00. The first-order chi connectivity index (χ1) is 28.8. The van der Waals surface area contributed by atoms with Crippen LogP contribution in [0.25, 0.3) is 106 Å². The molecule has 2 heterocycles. The van der Waals surface area contributed by atoms with Crippen LogP contribution in [0.2, 0.25) is 0 Å². The molecule has 0 N–H and O–H groups in total. The lowest BCUT2D eigenvalue weighted by Gasteiger charge is -2.19. The lowest BCUT2D eigenvalue weighted by atomic mass is 9.85. The van der Waals surface area contributed by atoms with Crippen molar-refractivity contribution < 1.29 is 0 Å². The van der Waals surface area contributed by atoms with Gasteiger partial charge in [0.2, 0.25) is 0 Å². The smallest absolute Gasteiger partial charge is 0.160 e. The van der Waals surface area contributed by atoms with Gasteiger partial charge in [-0.05, 0) is 114 Å². The predicted octanol–water partition coefficient (Wildman–Crippen LogP) is 14.3. The van der Waals surface area contributed by atoms with Crippen LogP contribution in [0, 0.1) is 0 Å². The average Bonchev–Trinajstić information content (AvgIpc) is 3.31. The molecular formula is C55H37N3. The van der Waals surface area contributed by atoms with E-state index in [-0.39, 0.29) is 0 Å². The summed E-state index contributed by atoms with van der Waals surface area (Å²) in [7, 11) is 0. The molecule has 0 spiro atoms. The third-order valence-corrected chi connectivity index (χ3v) is 11.6. The zero-order valence-corrected chi connectivity index (χ0v) is 31.8. The van der Waals surface area contributed by atoms with Crippen molar-refractivity contribution in [2.24, 2.45) is 0 Å². The molecule has 11 rings (SSSR count). The highest BCUT2D eigenvalue weighted by molar-refractivity contribution is 6.21. The molecule has 0 radical (unpaired) electrons. The molecular weight excluding hydrogens is 703 g/mol. The second kappa shape index (κ2) is 14.2. The minimum Gasteiger partial charge on any atom is -0.264 e. The molecule has 0 saturated carbocycles. The first-order valence-electron chi connectivity index (χ1n) is 20.0. The lowest BCUT2D eigenvalue weighted by molar-refractivity contribution is 0.990. The van der Waals surface area contributed by atoms with Crippen LogP contribution in [0.3, 0.4) is 0 Å². The topological polar surface area (TPSA) is 38.7 Å². The van der Waals surface area contributed by atoms with Crippen molar-refractivity contribution in [1.82, 2.24) is 15.0 Å². The Labute approximate surface area is 337 Å². The van der Waals surface area contributed by atoms with Gasteiger partial charge in [-0.25, -0.2) is 9.97 Å². The van der Waals surface area contributed by atoms with E-state index in [1.165, 1.54) is 60.1 Å². The summed E-state index contributed by atoms with van der Waals surface area (Å²) < 4.78 is 0. The van der Waals surface area contributed by atoms with E-state index in [0.29, 0.717) is 5.82 Å². The Morgan fingerprint density at radius 3 is 1.69 bits per heavy atom. The zero-order valence-electron chi connectivity index (χ0n) is 31.8. The maximum Gasteiger partial charge on any atom is 0.160 e. The molecule has 0 bridgehead atoms. The maximum atomic E-state index is 5.44. The molecule has 272 valence electrons. The summed E-state index contributed by atoms with van der Waals surface area (Å²) in [6.07, 6.45) is 10.3. The van der Waals surface area contributed by atoms with Gasteiger partial charge in [0.1, 0.15) is 0 Å². The second-order valence-electron chi connectivity index (χ2n) is 15.1. The standard InChI is InChI=1S/C55H37N3/c1-2-14-38(15-3-1)53-46-23-8-10-25-48(46)54(49-26-11-9-24-47(49)53)40-17-12-18-41(32-40)55-57-51(37-29-27-36(28-30-37)42-19-13-31-56-35-42)34-52(58-55)50-33-39-16-4-5-20-43(39)44-21-6-7-22-45(44)50/h1-3,5-15,17-35H,4,16H2. The van der Waals surface area contributed by atoms with Crippen LogP contribution >= 0.6 is 0 Å². The van der Waals surface area contributed by atoms with Gasteiger partial charge >= 0.3 is 0 Å². The van der Waals surface area contributed by atoms with E-state index in [1.807, 2.05) is 18.5 Å². The normalized spacial score (nSPS) is 12.3. The summed E-state index contributed by atoms with van der Waals surface area (Å²) in [5, 5.41) is 7.36. The van der Waals surface area contributed by atoms with Crippen molar-refractivity contribution in [2.75, 3.05) is 0 Å². The van der Waals surface area contributed by atoms with Crippen LogP contribution in [-0.4, -0.2) is 15.0 Å². The molecule has 2 aromatic heterocycles. The second-order valence-corrected chi connectivity index (χ2v) is 15.1. The van der Waals surface area contributed by atoms with Crippen molar-refractivity contribution in [1.29, 1.82) is 0 Å². The van der Waals surface area contributed by atoms with Crippen molar-refractivity contribution in [3.05, 3.63) is 206 Å². The van der Waals surface area contributed by atoms with Crippen LogP contribution in [0.4, 0.5) is 0 Å². The molecule has 1 aliphatic carbocycles. The molecule has 0 saturated heterocycles. The number of fused-ring (bicyclic) bond motifs is 5. The highest BCUT2D eigenvalue weighted by atomic mass is 14.9. The molecule has 58 heavy (non-hydrogen) atoms. The summed E-state index contributed by atoms with van der Waals surface area (Å²) in [5.74, 6) is 0.696. The minimum atomic E-state index is 0.696. The largest absolute Gasteiger partial charge is 0.264 e. The zero-order chi connectivity index (χ0) is 38.4. The third kappa shape index (κ3) is 5.88. The molecule has 1 aliphatic rings. The number of aromatic nitrogens is 3. The molecule has 3 nitrogen and oxygen atoms in total. The summed E-state index contributed by atoms with van der Waals surface area (Å²) in [6, 6.07) is 63.2. The Bertz CT molecular complexity index is 3150. The number of aryl methyl sites for hydroxylation is 1. The number of hydrogen-bond acceptors (Lipinski definition) is 3. The van der Waals surface area contributed by atoms with Gasteiger partial charge in [-0.15, -0.1) is 0 Å². The Morgan fingerprint density at radius 1 is 0.397 bits per heavy atom. The van der Waals surface area contributed by atoms with Crippen molar-refractivity contribution >= 4 is 38.4 Å². The molecule has 0 fully saturated rings. The van der Waals surface area contributed by atoms with Gasteiger partial charge in [0.15, 0.2) is 5.82 Å². The van der Waals surface area contributed by atoms with E-state index < -0.39 is 0 Å². The fourth-order valence-electron chi connectivity index (χ4n) is 8.91. The Kier molecular flexibility index (Phi) is 8.29.